The van der Waals surface area contributed by atoms with Crippen LogP contribution in [0.15, 0.2) is 18.2 Å². The predicted molar refractivity (Wildman–Crippen MR) is 72.1 cm³/mol. The molecule has 3 heteroatoms. The van der Waals surface area contributed by atoms with Gasteiger partial charge < -0.3 is 4.90 Å². The average Bonchev–Trinajstić information content (AvgIpc) is 2.35. The van der Waals surface area contributed by atoms with Crippen molar-refractivity contribution in [1.82, 2.24) is 4.90 Å². The second-order valence-electron chi connectivity index (χ2n) is 4.49. The molecule has 96 valence electrons. The number of carbonyl (C=O) groups is 1. The van der Waals surface area contributed by atoms with Crippen molar-refractivity contribution in [2.45, 2.75) is 33.6 Å². The van der Waals surface area contributed by atoms with E-state index in [1.165, 1.54) is 5.56 Å². The molecule has 18 heavy (non-hydrogen) atoms. The van der Waals surface area contributed by atoms with E-state index in [0.29, 0.717) is 25.9 Å². The Balaban J connectivity index is 2.73. The summed E-state index contributed by atoms with van der Waals surface area (Å²) in [6.07, 6.45) is 0.819. The van der Waals surface area contributed by atoms with Gasteiger partial charge in [-0.3, -0.25) is 4.79 Å². The summed E-state index contributed by atoms with van der Waals surface area (Å²) < 4.78 is 0. The van der Waals surface area contributed by atoms with E-state index in [1.807, 2.05) is 26.8 Å². The minimum atomic E-state index is 0.0986. The smallest absolute Gasteiger partial charge is 0.227 e. The molecule has 3 nitrogen and oxygen atoms in total. The average molecular weight is 244 g/mol. The fourth-order valence-corrected chi connectivity index (χ4v) is 1.91. The minimum Gasteiger partial charge on any atom is -0.342 e. The molecule has 0 saturated carbocycles. The van der Waals surface area contributed by atoms with Crippen molar-refractivity contribution in [2.75, 3.05) is 13.1 Å². The number of carbonyl (C=O) groups excluding carboxylic acids is 1. The maximum atomic E-state index is 12.1. The highest BCUT2D eigenvalue weighted by atomic mass is 16.2. The first-order valence-electron chi connectivity index (χ1n) is 6.29. The molecule has 0 spiro atoms. The molecule has 0 aromatic heterocycles. The lowest BCUT2D eigenvalue weighted by atomic mass is 10.0. The molecule has 0 aliphatic heterocycles. The number of likely N-dealkylation sites (N-methyl/N-ethyl adjacent to an activating group) is 1. The van der Waals surface area contributed by atoms with Crippen LogP contribution in [0.3, 0.4) is 0 Å². The zero-order valence-electron chi connectivity index (χ0n) is 11.4. The van der Waals surface area contributed by atoms with E-state index >= 15 is 0 Å². The summed E-state index contributed by atoms with van der Waals surface area (Å²) in [4.78, 5) is 13.9. The largest absolute Gasteiger partial charge is 0.342 e. The molecule has 0 aliphatic rings. The van der Waals surface area contributed by atoms with Gasteiger partial charge in [-0.2, -0.15) is 5.26 Å². The number of rotatable bonds is 5. The molecule has 0 aliphatic carbocycles. The van der Waals surface area contributed by atoms with Crippen LogP contribution in [0.1, 0.15) is 30.0 Å². The molecule has 0 N–H and O–H groups in total. The standard InChI is InChI=1S/C15H20N2O/c1-4-17(9-5-8-16)15(18)11-14-10-12(2)6-7-13(14)3/h6-7,10H,4-5,9,11H2,1-3H3. The fraction of sp³-hybridized carbons (Fsp3) is 0.467. The van der Waals surface area contributed by atoms with Crippen LogP contribution in [0.25, 0.3) is 0 Å². The van der Waals surface area contributed by atoms with E-state index in [9.17, 15) is 4.79 Å². The Morgan fingerprint density at radius 3 is 2.72 bits per heavy atom. The zero-order valence-corrected chi connectivity index (χ0v) is 11.4. The lowest BCUT2D eigenvalue weighted by Crippen LogP contribution is -2.33. The predicted octanol–water partition coefficient (Wildman–Crippen LogP) is 2.61. The Hall–Kier alpha value is -1.82. The van der Waals surface area contributed by atoms with Gasteiger partial charge >= 0.3 is 0 Å². The zero-order chi connectivity index (χ0) is 13.5. The van der Waals surface area contributed by atoms with E-state index in [2.05, 4.69) is 18.2 Å². The summed E-state index contributed by atoms with van der Waals surface area (Å²) in [5, 5.41) is 8.57. The molecule has 1 aromatic carbocycles. The van der Waals surface area contributed by atoms with Crippen molar-refractivity contribution in [3.8, 4) is 6.07 Å². The van der Waals surface area contributed by atoms with Crippen LogP contribution in [0.2, 0.25) is 0 Å². The second-order valence-corrected chi connectivity index (χ2v) is 4.49. The first kappa shape index (κ1) is 14.2. The fourth-order valence-electron chi connectivity index (χ4n) is 1.91. The summed E-state index contributed by atoms with van der Waals surface area (Å²) in [6.45, 7) is 7.18. The number of benzene rings is 1. The van der Waals surface area contributed by atoms with E-state index in [0.717, 1.165) is 11.1 Å². The third kappa shape index (κ3) is 3.89. The maximum Gasteiger partial charge on any atom is 0.227 e. The maximum absolute atomic E-state index is 12.1. The quantitative estimate of drug-likeness (QED) is 0.799. The lowest BCUT2D eigenvalue weighted by molar-refractivity contribution is -0.130. The number of nitrogens with zero attached hydrogens (tertiary/aromatic N) is 2. The molecule has 0 radical (unpaired) electrons. The molecule has 0 bridgehead atoms. The Bertz CT molecular complexity index is 460. The van der Waals surface area contributed by atoms with Crippen LogP contribution >= 0.6 is 0 Å². The molecule has 0 unspecified atom stereocenters. The molecule has 0 atom stereocenters. The van der Waals surface area contributed by atoms with Crippen molar-refractivity contribution >= 4 is 5.91 Å². The van der Waals surface area contributed by atoms with Crippen molar-refractivity contribution < 1.29 is 4.79 Å². The monoisotopic (exact) mass is 244 g/mol. The van der Waals surface area contributed by atoms with Crippen LogP contribution in [0.5, 0.6) is 0 Å². The topological polar surface area (TPSA) is 44.1 Å². The molecular weight excluding hydrogens is 224 g/mol. The Morgan fingerprint density at radius 2 is 2.11 bits per heavy atom. The van der Waals surface area contributed by atoms with Crippen molar-refractivity contribution in [3.63, 3.8) is 0 Å². The van der Waals surface area contributed by atoms with Gasteiger partial charge in [0, 0.05) is 13.1 Å². The van der Waals surface area contributed by atoms with E-state index in [4.69, 9.17) is 5.26 Å². The van der Waals surface area contributed by atoms with Gasteiger partial charge in [-0.15, -0.1) is 0 Å². The van der Waals surface area contributed by atoms with Crippen LogP contribution in [-0.4, -0.2) is 23.9 Å². The Kier molecular flexibility index (Phi) is 5.38. The number of aryl methyl sites for hydroxylation is 2. The van der Waals surface area contributed by atoms with Gasteiger partial charge in [-0.25, -0.2) is 0 Å². The number of amides is 1. The van der Waals surface area contributed by atoms with Crippen molar-refractivity contribution in [3.05, 3.63) is 34.9 Å². The van der Waals surface area contributed by atoms with Crippen LogP contribution in [0.4, 0.5) is 0 Å². The summed E-state index contributed by atoms with van der Waals surface area (Å²) in [5.41, 5.74) is 3.39. The first-order chi connectivity index (χ1) is 8.58. The number of hydrogen-bond acceptors (Lipinski definition) is 2. The van der Waals surface area contributed by atoms with E-state index < -0.39 is 0 Å². The summed E-state index contributed by atoms with van der Waals surface area (Å²) >= 11 is 0. The van der Waals surface area contributed by atoms with Gasteiger partial charge in [0.2, 0.25) is 5.91 Å². The number of nitriles is 1. The van der Waals surface area contributed by atoms with Crippen LogP contribution in [-0.2, 0) is 11.2 Å². The van der Waals surface area contributed by atoms with Crippen molar-refractivity contribution in [2.24, 2.45) is 0 Å². The minimum absolute atomic E-state index is 0.0986. The third-order valence-electron chi connectivity index (χ3n) is 3.07. The molecule has 0 heterocycles. The van der Waals surface area contributed by atoms with Crippen molar-refractivity contribution in [1.29, 1.82) is 5.26 Å². The SMILES string of the molecule is CCN(CCC#N)C(=O)Cc1cc(C)ccc1C. The van der Waals surface area contributed by atoms with Gasteiger partial charge in [0.25, 0.3) is 0 Å². The molecule has 1 amide bonds. The highest BCUT2D eigenvalue weighted by Gasteiger charge is 2.13. The highest BCUT2D eigenvalue weighted by Crippen LogP contribution is 2.12. The molecule has 1 rings (SSSR count). The van der Waals surface area contributed by atoms with Gasteiger partial charge in [0.15, 0.2) is 0 Å². The third-order valence-corrected chi connectivity index (χ3v) is 3.07. The normalized spacial score (nSPS) is 9.89. The van der Waals surface area contributed by atoms with Crippen LogP contribution < -0.4 is 0 Å². The second kappa shape index (κ2) is 6.80. The Labute approximate surface area is 109 Å². The summed E-state index contributed by atoms with van der Waals surface area (Å²) in [5.74, 6) is 0.0986. The number of hydrogen-bond donors (Lipinski definition) is 0. The van der Waals surface area contributed by atoms with E-state index in [1.54, 1.807) is 4.90 Å². The highest BCUT2D eigenvalue weighted by molar-refractivity contribution is 5.79. The molecule has 0 saturated heterocycles. The van der Waals surface area contributed by atoms with E-state index in [-0.39, 0.29) is 5.91 Å². The van der Waals surface area contributed by atoms with Gasteiger partial charge in [-0.1, -0.05) is 23.8 Å². The molecular formula is C15H20N2O. The lowest BCUT2D eigenvalue weighted by Gasteiger charge is -2.20. The Morgan fingerprint density at radius 1 is 1.39 bits per heavy atom. The molecule has 1 aromatic rings. The van der Waals surface area contributed by atoms with Gasteiger partial charge in [0.05, 0.1) is 18.9 Å². The van der Waals surface area contributed by atoms with Crippen LogP contribution in [0, 0.1) is 25.2 Å². The van der Waals surface area contributed by atoms with Gasteiger partial charge in [-0.05, 0) is 31.9 Å². The van der Waals surface area contributed by atoms with Gasteiger partial charge in [0.1, 0.15) is 0 Å². The summed E-state index contributed by atoms with van der Waals surface area (Å²) in [6, 6.07) is 8.24. The first-order valence-corrected chi connectivity index (χ1v) is 6.29. The summed E-state index contributed by atoms with van der Waals surface area (Å²) in [7, 11) is 0. The molecule has 0 fully saturated rings.